The van der Waals surface area contributed by atoms with Crippen LogP contribution in [0.15, 0.2) is 0 Å². The topological polar surface area (TPSA) is 32.3 Å². The quantitative estimate of drug-likeness (QED) is 0.594. The third kappa shape index (κ3) is 3.11. The number of rotatable bonds is 6. The van der Waals surface area contributed by atoms with Crippen molar-refractivity contribution in [3.05, 3.63) is 0 Å². The molecule has 1 saturated carbocycles. The van der Waals surface area contributed by atoms with Crippen LogP contribution < -0.4 is 5.32 Å². The maximum absolute atomic E-state index is 9.01. The van der Waals surface area contributed by atoms with Crippen LogP contribution >= 0.6 is 0 Å². The average molecular weight is 171 g/mol. The maximum Gasteiger partial charge on any atom is 0.0524 e. The highest BCUT2D eigenvalue weighted by Crippen LogP contribution is 2.47. The molecule has 0 aliphatic heterocycles. The monoisotopic (exact) mass is 171 g/mol. The van der Waals surface area contributed by atoms with Crippen LogP contribution in [0.1, 0.15) is 39.5 Å². The lowest BCUT2D eigenvalue weighted by Crippen LogP contribution is -2.26. The van der Waals surface area contributed by atoms with Gasteiger partial charge < -0.3 is 10.4 Å². The van der Waals surface area contributed by atoms with Crippen molar-refractivity contribution in [1.29, 1.82) is 0 Å². The normalized spacial score (nSPS) is 22.2. The molecule has 1 unspecified atom stereocenters. The minimum absolute atomic E-state index is 0.158. The largest absolute Gasteiger partial charge is 0.393 e. The molecular formula is C10H21NO. The molecule has 1 atom stereocenters. The molecule has 2 nitrogen and oxygen atoms in total. The molecule has 1 aliphatic rings. The van der Waals surface area contributed by atoms with Crippen molar-refractivity contribution in [2.75, 3.05) is 13.1 Å². The number of hydrogen-bond acceptors (Lipinski definition) is 2. The summed E-state index contributed by atoms with van der Waals surface area (Å²) in [6, 6.07) is 0. The summed E-state index contributed by atoms with van der Waals surface area (Å²) in [4.78, 5) is 0. The van der Waals surface area contributed by atoms with Crippen molar-refractivity contribution in [2.45, 2.75) is 45.6 Å². The molecule has 0 amide bonds. The van der Waals surface area contributed by atoms with Crippen LogP contribution in [-0.4, -0.2) is 24.3 Å². The van der Waals surface area contributed by atoms with E-state index in [4.69, 9.17) is 5.11 Å². The molecule has 0 spiro atoms. The Balaban J connectivity index is 1.95. The van der Waals surface area contributed by atoms with E-state index < -0.39 is 0 Å². The van der Waals surface area contributed by atoms with E-state index in [1.165, 1.54) is 19.3 Å². The first-order valence-corrected chi connectivity index (χ1v) is 5.07. The first-order valence-electron chi connectivity index (χ1n) is 5.07. The van der Waals surface area contributed by atoms with E-state index in [1.807, 2.05) is 6.92 Å². The standard InChI is InChI=1S/C10H21NO/c1-3-10(5-6-10)8-11-7-4-9(2)12/h9,11-12H,3-8H2,1-2H3. The number of nitrogens with one attached hydrogen (secondary N) is 1. The van der Waals surface area contributed by atoms with Crippen LogP contribution in [0.3, 0.4) is 0 Å². The van der Waals surface area contributed by atoms with Crippen molar-refractivity contribution in [3.63, 3.8) is 0 Å². The molecule has 72 valence electrons. The number of hydrogen-bond donors (Lipinski definition) is 2. The Labute approximate surface area is 75.4 Å². The van der Waals surface area contributed by atoms with Crippen LogP contribution in [0.2, 0.25) is 0 Å². The zero-order chi connectivity index (χ0) is 9.03. The maximum atomic E-state index is 9.01. The molecule has 0 aromatic carbocycles. The minimum atomic E-state index is -0.158. The first kappa shape index (κ1) is 10.0. The summed E-state index contributed by atoms with van der Waals surface area (Å²) >= 11 is 0. The summed E-state index contributed by atoms with van der Waals surface area (Å²) in [6.45, 7) is 6.22. The van der Waals surface area contributed by atoms with Crippen LogP contribution in [0, 0.1) is 5.41 Å². The lowest BCUT2D eigenvalue weighted by atomic mass is 10.0. The summed E-state index contributed by atoms with van der Waals surface area (Å²) in [5.41, 5.74) is 0.638. The van der Waals surface area contributed by atoms with Gasteiger partial charge in [-0.3, -0.25) is 0 Å². The van der Waals surface area contributed by atoms with Gasteiger partial charge in [-0.25, -0.2) is 0 Å². The summed E-state index contributed by atoms with van der Waals surface area (Å²) in [5, 5.41) is 12.4. The number of aliphatic hydroxyl groups excluding tert-OH is 1. The zero-order valence-electron chi connectivity index (χ0n) is 8.27. The molecule has 1 fully saturated rings. The summed E-state index contributed by atoms with van der Waals surface area (Å²) in [5.74, 6) is 0. The van der Waals surface area contributed by atoms with Crippen LogP contribution in [0.4, 0.5) is 0 Å². The van der Waals surface area contributed by atoms with Gasteiger partial charge >= 0.3 is 0 Å². The highest BCUT2D eigenvalue weighted by atomic mass is 16.3. The Bertz CT molecular complexity index is 130. The van der Waals surface area contributed by atoms with Crippen LogP contribution in [0.5, 0.6) is 0 Å². The van der Waals surface area contributed by atoms with Gasteiger partial charge in [0.1, 0.15) is 0 Å². The van der Waals surface area contributed by atoms with Gasteiger partial charge in [0, 0.05) is 6.54 Å². The Kier molecular flexibility index (Phi) is 3.53. The van der Waals surface area contributed by atoms with Crippen molar-refractivity contribution in [2.24, 2.45) is 5.41 Å². The van der Waals surface area contributed by atoms with Crippen molar-refractivity contribution >= 4 is 0 Å². The molecule has 12 heavy (non-hydrogen) atoms. The van der Waals surface area contributed by atoms with Gasteiger partial charge in [0.05, 0.1) is 6.10 Å². The molecule has 2 heteroatoms. The van der Waals surface area contributed by atoms with E-state index >= 15 is 0 Å². The van der Waals surface area contributed by atoms with Gasteiger partial charge in [-0.05, 0) is 44.6 Å². The molecule has 0 aromatic rings. The van der Waals surface area contributed by atoms with Crippen LogP contribution in [-0.2, 0) is 0 Å². The second-order valence-electron chi connectivity index (χ2n) is 4.17. The molecule has 0 heterocycles. The van der Waals surface area contributed by atoms with E-state index in [2.05, 4.69) is 12.2 Å². The van der Waals surface area contributed by atoms with E-state index in [-0.39, 0.29) is 6.10 Å². The fraction of sp³-hybridized carbons (Fsp3) is 1.00. The van der Waals surface area contributed by atoms with Crippen molar-refractivity contribution in [1.82, 2.24) is 5.32 Å². The summed E-state index contributed by atoms with van der Waals surface area (Å²) in [6.07, 6.45) is 4.81. The zero-order valence-corrected chi connectivity index (χ0v) is 8.27. The Morgan fingerprint density at radius 2 is 2.17 bits per heavy atom. The van der Waals surface area contributed by atoms with E-state index in [1.54, 1.807) is 0 Å². The second-order valence-corrected chi connectivity index (χ2v) is 4.17. The average Bonchev–Trinajstić information content (AvgIpc) is 2.79. The van der Waals surface area contributed by atoms with Crippen LogP contribution in [0.25, 0.3) is 0 Å². The summed E-state index contributed by atoms with van der Waals surface area (Å²) in [7, 11) is 0. The van der Waals surface area contributed by atoms with Gasteiger partial charge in [0.25, 0.3) is 0 Å². The highest BCUT2D eigenvalue weighted by molar-refractivity contribution is 4.93. The van der Waals surface area contributed by atoms with Crippen molar-refractivity contribution in [3.8, 4) is 0 Å². The lowest BCUT2D eigenvalue weighted by Gasteiger charge is -2.13. The Morgan fingerprint density at radius 1 is 1.50 bits per heavy atom. The predicted molar refractivity (Wildman–Crippen MR) is 51.1 cm³/mol. The Hall–Kier alpha value is -0.0800. The minimum Gasteiger partial charge on any atom is -0.393 e. The molecule has 0 radical (unpaired) electrons. The Morgan fingerprint density at radius 3 is 2.58 bits per heavy atom. The SMILES string of the molecule is CCC1(CNCCC(C)O)CC1. The third-order valence-corrected chi connectivity index (χ3v) is 2.95. The smallest absolute Gasteiger partial charge is 0.0524 e. The molecule has 1 rings (SSSR count). The van der Waals surface area contributed by atoms with Crippen molar-refractivity contribution < 1.29 is 5.11 Å². The summed E-state index contributed by atoms with van der Waals surface area (Å²) < 4.78 is 0. The van der Waals surface area contributed by atoms with Gasteiger partial charge in [-0.15, -0.1) is 0 Å². The molecular weight excluding hydrogens is 150 g/mol. The molecule has 1 aliphatic carbocycles. The first-order chi connectivity index (χ1) is 5.68. The molecule has 0 aromatic heterocycles. The van der Waals surface area contributed by atoms with Gasteiger partial charge in [-0.2, -0.15) is 0 Å². The van der Waals surface area contributed by atoms with E-state index in [9.17, 15) is 0 Å². The fourth-order valence-electron chi connectivity index (χ4n) is 1.50. The molecule has 0 saturated heterocycles. The molecule has 0 bridgehead atoms. The van der Waals surface area contributed by atoms with E-state index in [0.717, 1.165) is 19.5 Å². The number of aliphatic hydroxyl groups is 1. The lowest BCUT2D eigenvalue weighted by molar-refractivity contribution is 0.183. The fourth-order valence-corrected chi connectivity index (χ4v) is 1.50. The predicted octanol–water partition coefficient (Wildman–Crippen LogP) is 1.54. The second kappa shape index (κ2) is 4.24. The van der Waals surface area contributed by atoms with Gasteiger partial charge in [-0.1, -0.05) is 6.92 Å². The van der Waals surface area contributed by atoms with E-state index in [0.29, 0.717) is 5.41 Å². The molecule has 2 N–H and O–H groups in total. The third-order valence-electron chi connectivity index (χ3n) is 2.95. The van der Waals surface area contributed by atoms with Gasteiger partial charge in [0.15, 0.2) is 0 Å². The highest BCUT2D eigenvalue weighted by Gasteiger charge is 2.39. The van der Waals surface area contributed by atoms with Gasteiger partial charge in [0.2, 0.25) is 0 Å².